The second-order valence-electron chi connectivity index (χ2n) is 2.04. The smallest absolute Gasteiger partial charge is 0.331 e. The summed E-state index contributed by atoms with van der Waals surface area (Å²) in [6, 6.07) is 0. The van der Waals surface area contributed by atoms with Gasteiger partial charge in [0.1, 0.15) is 6.61 Å². The molecule has 0 aliphatic carbocycles. The van der Waals surface area contributed by atoms with Gasteiger partial charge < -0.3 is 9.84 Å². The summed E-state index contributed by atoms with van der Waals surface area (Å²) in [7, 11) is 1.22. The molecule has 12 heavy (non-hydrogen) atoms. The van der Waals surface area contributed by atoms with E-state index in [1.54, 1.807) is 0 Å². The van der Waals surface area contributed by atoms with Crippen LogP contribution in [0.4, 0.5) is 0 Å². The molecule has 0 fully saturated rings. The van der Waals surface area contributed by atoms with E-state index in [1.807, 2.05) is 0 Å². The van der Waals surface area contributed by atoms with Gasteiger partial charge in [0.05, 0.1) is 7.11 Å². The molecule has 0 radical (unpaired) electrons. The van der Waals surface area contributed by atoms with Crippen molar-refractivity contribution >= 4 is 5.97 Å². The van der Waals surface area contributed by atoms with Crippen LogP contribution in [0, 0.1) is 0 Å². The minimum atomic E-state index is -0.602. The van der Waals surface area contributed by atoms with Gasteiger partial charge in [-0.25, -0.2) is 4.79 Å². The van der Waals surface area contributed by atoms with E-state index in [-0.39, 0.29) is 0 Å². The van der Waals surface area contributed by atoms with Crippen molar-refractivity contribution < 1.29 is 14.6 Å². The summed E-state index contributed by atoms with van der Waals surface area (Å²) in [4.78, 5) is 9.71. The maximum absolute atomic E-state index is 9.71. The highest BCUT2D eigenvalue weighted by molar-refractivity contribution is 5.70. The fourth-order valence-electron chi connectivity index (χ4n) is 0.343. The van der Waals surface area contributed by atoms with E-state index in [0.29, 0.717) is 0 Å². The lowest BCUT2D eigenvalue weighted by Gasteiger charge is -1.89. The Balaban J connectivity index is 0. The number of hydrogen-bond donors (Lipinski definition) is 3. The van der Waals surface area contributed by atoms with Gasteiger partial charge in [-0.3, -0.25) is 11.3 Å². The van der Waals surface area contributed by atoms with Gasteiger partial charge in [-0.15, -0.1) is 0 Å². The fraction of sp³-hybridized carbons (Fsp3) is 0.857. The van der Waals surface area contributed by atoms with Gasteiger partial charge in [0, 0.05) is 6.54 Å². The highest BCUT2D eigenvalue weighted by Gasteiger charge is 1.89. The topological polar surface area (TPSA) is 84.6 Å². The normalized spacial score (nSPS) is 8.33. The average molecular weight is 178 g/mol. The molecule has 0 spiro atoms. The molecule has 0 aromatic carbocycles. The summed E-state index contributed by atoms with van der Waals surface area (Å²) in [6.45, 7) is 2.55. The number of rotatable bonds is 4. The van der Waals surface area contributed by atoms with E-state index in [2.05, 4.69) is 17.1 Å². The molecule has 0 rings (SSSR count). The van der Waals surface area contributed by atoms with Gasteiger partial charge in [0.25, 0.3) is 0 Å². The molecule has 0 bridgehead atoms. The first-order chi connectivity index (χ1) is 5.72. The van der Waals surface area contributed by atoms with Gasteiger partial charge in [0.2, 0.25) is 0 Å². The number of carbonyl (C=O) groups excluding carboxylic acids is 1. The second-order valence-corrected chi connectivity index (χ2v) is 2.04. The van der Waals surface area contributed by atoms with E-state index in [9.17, 15) is 4.79 Å². The second kappa shape index (κ2) is 13.0. The van der Waals surface area contributed by atoms with Crippen LogP contribution in [0.2, 0.25) is 0 Å². The molecule has 74 valence electrons. The molecule has 0 aromatic heterocycles. The molecule has 0 unspecified atom stereocenters. The monoisotopic (exact) mass is 178 g/mol. The molecular formula is C7H18N2O3. The van der Waals surface area contributed by atoms with E-state index >= 15 is 0 Å². The zero-order chi connectivity index (χ0) is 9.82. The summed E-state index contributed by atoms with van der Waals surface area (Å²) in [5.41, 5.74) is 2.57. The highest BCUT2D eigenvalue weighted by atomic mass is 16.5. The Hall–Kier alpha value is -0.650. The van der Waals surface area contributed by atoms with E-state index < -0.39 is 12.6 Å². The number of nitrogens with two attached hydrogens (primary N) is 1. The van der Waals surface area contributed by atoms with Crippen molar-refractivity contribution in [2.75, 3.05) is 20.3 Å². The van der Waals surface area contributed by atoms with Crippen molar-refractivity contribution in [3.05, 3.63) is 0 Å². The van der Waals surface area contributed by atoms with Crippen molar-refractivity contribution in [2.45, 2.75) is 19.8 Å². The molecular weight excluding hydrogens is 160 g/mol. The van der Waals surface area contributed by atoms with Crippen LogP contribution in [0.5, 0.6) is 0 Å². The van der Waals surface area contributed by atoms with Crippen LogP contribution in [-0.2, 0) is 9.53 Å². The van der Waals surface area contributed by atoms with Gasteiger partial charge in [-0.05, 0) is 6.42 Å². The van der Waals surface area contributed by atoms with Crippen LogP contribution in [0.15, 0.2) is 0 Å². The zero-order valence-corrected chi connectivity index (χ0v) is 7.67. The number of carbonyl (C=O) groups is 1. The summed E-state index contributed by atoms with van der Waals surface area (Å²) in [5, 5.41) is 7.86. The molecule has 0 heterocycles. The molecule has 0 aliphatic rings. The maximum Gasteiger partial charge on any atom is 0.331 e. The summed E-state index contributed by atoms with van der Waals surface area (Å²) >= 11 is 0. The fourth-order valence-corrected chi connectivity index (χ4v) is 0.343. The Morgan fingerprint density at radius 1 is 1.67 bits per heavy atom. The number of esters is 1. The van der Waals surface area contributed by atoms with E-state index in [1.165, 1.54) is 20.0 Å². The zero-order valence-electron chi connectivity index (χ0n) is 7.67. The minimum Gasteiger partial charge on any atom is -0.467 e. The van der Waals surface area contributed by atoms with Crippen LogP contribution in [0.25, 0.3) is 0 Å². The number of aliphatic hydroxyl groups is 1. The quantitative estimate of drug-likeness (QED) is 0.232. The largest absolute Gasteiger partial charge is 0.467 e. The van der Waals surface area contributed by atoms with Gasteiger partial charge in [0.15, 0.2) is 0 Å². The van der Waals surface area contributed by atoms with Crippen LogP contribution in [0.1, 0.15) is 19.8 Å². The molecule has 0 saturated carbocycles. The number of ether oxygens (including phenoxy) is 1. The Labute approximate surface area is 72.9 Å². The van der Waals surface area contributed by atoms with Crippen molar-refractivity contribution in [1.82, 2.24) is 5.43 Å². The molecule has 4 N–H and O–H groups in total. The number of methoxy groups -OCH3 is 1. The predicted molar refractivity (Wildman–Crippen MR) is 46.2 cm³/mol. The molecule has 0 amide bonds. The highest BCUT2D eigenvalue weighted by Crippen LogP contribution is 1.78. The van der Waals surface area contributed by atoms with Crippen molar-refractivity contribution in [3.8, 4) is 0 Å². The Morgan fingerprint density at radius 3 is 2.33 bits per heavy atom. The predicted octanol–water partition coefficient (Wildman–Crippen LogP) is -0.598. The standard InChI is InChI=1S/C4H12N2.C3H6O3/c1-2-3-4-6-5;1-6-3(5)2-4/h6H,2-5H2,1H3;4H,2H2,1H3. The number of aliphatic hydroxyl groups excluding tert-OH is 1. The third kappa shape index (κ3) is 16.2. The van der Waals surface area contributed by atoms with Crippen LogP contribution >= 0.6 is 0 Å². The lowest BCUT2D eigenvalue weighted by atomic mass is 10.3. The molecule has 0 aliphatic heterocycles. The molecule has 5 nitrogen and oxygen atoms in total. The lowest BCUT2D eigenvalue weighted by Crippen LogP contribution is -2.22. The Bertz CT molecular complexity index is 88.7. The molecule has 5 heteroatoms. The van der Waals surface area contributed by atoms with E-state index in [4.69, 9.17) is 10.9 Å². The minimum absolute atomic E-state index is 0.531. The third-order valence-corrected chi connectivity index (χ3v) is 1.03. The number of hydrogen-bond acceptors (Lipinski definition) is 5. The molecule has 0 atom stereocenters. The van der Waals surface area contributed by atoms with Crippen LogP contribution in [0.3, 0.4) is 0 Å². The third-order valence-electron chi connectivity index (χ3n) is 1.03. The van der Waals surface area contributed by atoms with Crippen molar-refractivity contribution in [2.24, 2.45) is 5.84 Å². The molecule has 0 saturated heterocycles. The Kier molecular flexibility index (Phi) is 15.0. The maximum atomic E-state index is 9.71. The van der Waals surface area contributed by atoms with Crippen LogP contribution < -0.4 is 11.3 Å². The number of nitrogens with one attached hydrogen (secondary N) is 1. The van der Waals surface area contributed by atoms with Gasteiger partial charge in [-0.2, -0.15) is 0 Å². The van der Waals surface area contributed by atoms with Crippen molar-refractivity contribution in [1.29, 1.82) is 0 Å². The van der Waals surface area contributed by atoms with Gasteiger partial charge in [-0.1, -0.05) is 13.3 Å². The SMILES string of the molecule is CCCCNN.COC(=O)CO. The van der Waals surface area contributed by atoms with Crippen molar-refractivity contribution in [3.63, 3.8) is 0 Å². The Morgan fingerprint density at radius 2 is 2.25 bits per heavy atom. The van der Waals surface area contributed by atoms with E-state index in [0.717, 1.165) is 6.54 Å². The first-order valence-electron chi connectivity index (χ1n) is 3.84. The molecule has 0 aromatic rings. The summed E-state index contributed by atoms with van der Waals surface area (Å²) in [5.74, 6) is 4.36. The first kappa shape index (κ1) is 13.9. The first-order valence-corrected chi connectivity index (χ1v) is 3.84. The summed E-state index contributed by atoms with van der Waals surface area (Å²) < 4.78 is 4.01. The number of hydrazine groups is 1. The van der Waals surface area contributed by atoms with Crippen LogP contribution in [-0.4, -0.2) is 31.3 Å². The number of unbranched alkanes of at least 4 members (excludes halogenated alkanes) is 1. The van der Waals surface area contributed by atoms with Gasteiger partial charge >= 0.3 is 5.97 Å². The summed E-state index contributed by atoms with van der Waals surface area (Å²) in [6.07, 6.45) is 2.39. The average Bonchev–Trinajstić information content (AvgIpc) is 2.14. The lowest BCUT2D eigenvalue weighted by molar-refractivity contribution is -0.143.